The number of carboxylic acid groups (broad SMARTS) is 1. The summed E-state index contributed by atoms with van der Waals surface area (Å²) in [6.07, 6.45) is 0. The average Bonchev–Trinajstić information content (AvgIpc) is 2.23. The fourth-order valence-electron chi connectivity index (χ4n) is 1.73. The molecule has 0 spiro atoms. The summed E-state index contributed by atoms with van der Waals surface area (Å²) in [6.45, 7) is 9.40. The molecule has 0 fully saturated rings. The second kappa shape index (κ2) is 7.26. The van der Waals surface area contributed by atoms with E-state index in [2.05, 4.69) is 5.32 Å². The van der Waals surface area contributed by atoms with Crippen molar-refractivity contribution in [1.29, 1.82) is 0 Å². The second-order valence-corrected chi connectivity index (χ2v) is 6.53. The van der Waals surface area contributed by atoms with E-state index in [0.717, 1.165) is 0 Å². The Bertz CT molecular complexity index is 372. The first kappa shape index (κ1) is 18.4. The lowest BCUT2D eigenvalue weighted by atomic mass is 9.80. The number of hydrogen-bond donors (Lipinski definition) is 2. The van der Waals surface area contributed by atoms with Gasteiger partial charge in [-0.1, -0.05) is 34.6 Å². The molecule has 116 valence electrons. The van der Waals surface area contributed by atoms with Crippen molar-refractivity contribution in [3.63, 3.8) is 0 Å². The Hall–Kier alpha value is -1.59. The molecule has 2 amide bonds. The van der Waals surface area contributed by atoms with Crippen LogP contribution in [0, 0.1) is 17.3 Å². The van der Waals surface area contributed by atoms with Crippen LogP contribution in [0.3, 0.4) is 0 Å². The SMILES string of the molecule is CC(C)CNC(=O)CN(C)C(=O)C(C(=O)O)C(C)(C)C. The third-order valence-corrected chi connectivity index (χ3v) is 2.82. The Morgan fingerprint density at radius 1 is 1.20 bits per heavy atom. The molecule has 0 aromatic carbocycles. The van der Waals surface area contributed by atoms with E-state index in [9.17, 15) is 19.5 Å². The molecular weight excluding hydrogens is 260 g/mol. The number of nitrogens with zero attached hydrogens (tertiary/aromatic N) is 1. The van der Waals surface area contributed by atoms with E-state index >= 15 is 0 Å². The van der Waals surface area contributed by atoms with Crippen LogP contribution in [0.2, 0.25) is 0 Å². The van der Waals surface area contributed by atoms with Crippen molar-refractivity contribution in [3.8, 4) is 0 Å². The van der Waals surface area contributed by atoms with E-state index in [1.165, 1.54) is 11.9 Å². The van der Waals surface area contributed by atoms with Gasteiger partial charge in [0.1, 0.15) is 5.92 Å². The number of amides is 2. The maximum Gasteiger partial charge on any atom is 0.316 e. The number of nitrogens with one attached hydrogen (secondary N) is 1. The van der Waals surface area contributed by atoms with Gasteiger partial charge in [-0.25, -0.2) is 0 Å². The molecule has 1 unspecified atom stereocenters. The first-order chi connectivity index (χ1) is 8.96. The van der Waals surface area contributed by atoms with Gasteiger partial charge in [-0.3, -0.25) is 14.4 Å². The number of aliphatic carboxylic acids is 1. The number of carbonyl (C=O) groups excluding carboxylic acids is 2. The molecule has 0 aromatic heterocycles. The molecule has 1 atom stereocenters. The number of carboxylic acids is 1. The normalized spacial score (nSPS) is 12.9. The molecule has 2 N–H and O–H groups in total. The summed E-state index contributed by atoms with van der Waals surface area (Å²) in [6, 6.07) is 0. The fraction of sp³-hybridized carbons (Fsp3) is 0.786. The molecule has 0 rings (SSSR count). The predicted molar refractivity (Wildman–Crippen MR) is 76.1 cm³/mol. The van der Waals surface area contributed by atoms with Crippen LogP contribution < -0.4 is 5.32 Å². The lowest BCUT2D eigenvalue weighted by molar-refractivity contribution is -0.156. The first-order valence-electron chi connectivity index (χ1n) is 6.71. The van der Waals surface area contributed by atoms with Crippen molar-refractivity contribution in [2.45, 2.75) is 34.6 Å². The maximum absolute atomic E-state index is 12.2. The van der Waals surface area contributed by atoms with Crippen LogP contribution in [0.15, 0.2) is 0 Å². The minimum Gasteiger partial charge on any atom is -0.481 e. The van der Waals surface area contributed by atoms with E-state index < -0.39 is 23.2 Å². The van der Waals surface area contributed by atoms with Gasteiger partial charge >= 0.3 is 5.97 Å². The highest BCUT2D eigenvalue weighted by atomic mass is 16.4. The second-order valence-electron chi connectivity index (χ2n) is 6.53. The predicted octanol–water partition coefficient (Wildman–Crippen LogP) is 0.964. The summed E-state index contributed by atoms with van der Waals surface area (Å²) >= 11 is 0. The van der Waals surface area contributed by atoms with Gasteiger partial charge in [-0.2, -0.15) is 0 Å². The molecule has 0 bridgehead atoms. The molecule has 0 aliphatic rings. The molecular formula is C14H26N2O4. The van der Waals surface area contributed by atoms with Crippen molar-refractivity contribution in [2.75, 3.05) is 20.1 Å². The van der Waals surface area contributed by atoms with Crippen LogP contribution in [0.5, 0.6) is 0 Å². The van der Waals surface area contributed by atoms with Gasteiger partial charge in [0.15, 0.2) is 0 Å². The molecule has 20 heavy (non-hydrogen) atoms. The molecule has 0 saturated carbocycles. The number of hydrogen-bond acceptors (Lipinski definition) is 3. The zero-order valence-corrected chi connectivity index (χ0v) is 13.2. The van der Waals surface area contributed by atoms with Gasteiger partial charge in [0.2, 0.25) is 11.8 Å². The summed E-state index contributed by atoms with van der Waals surface area (Å²) < 4.78 is 0. The first-order valence-corrected chi connectivity index (χ1v) is 6.71. The van der Waals surface area contributed by atoms with Gasteiger partial charge in [0.05, 0.1) is 6.54 Å². The minimum atomic E-state index is -1.17. The summed E-state index contributed by atoms with van der Waals surface area (Å²) in [5.74, 6) is -2.85. The van der Waals surface area contributed by atoms with Crippen molar-refractivity contribution in [3.05, 3.63) is 0 Å². The van der Waals surface area contributed by atoms with Gasteiger partial charge in [0, 0.05) is 13.6 Å². The molecule has 6 heteroatoms. The third kappa shape index (κ3) is 6.04. The lowest BCUT2D eigenvalue weighted by Crippen LogP contribution is -2.47. The van der Waals surface area contributed by atoms with Crippen molar-refractivity contribution >= 4 is 17.8 Å². The molecule has 0 saturated heterocycles. The zero-order chi connectivity index (χ0) is 16.1. The summed E-state index contributed by atoms with van der Waals surface area (Å²) in [4.78, 5) is 36.2. The van der Waals surface area contributed by atoms with Gasteiger partial charge in [-0.05, 0) is 11.3 Å². The Morgan fingerprint density at radius 2 is 1.70 bits per heavy atom. The Balaban J connectivity index is 4.68. The number of carbonyl (C=O) groups is 3. The van der Waals surface area contributed by atoms with Crippen LogP contribution in [-0.2, 0) is 14.4 Å². The number of rotatable bonds is 6. The smallest absolute Gasteiger partial charge is 0.316 e. The van der Waals surface area contributed by atoms with E-state index in [0.29, 0.717) is 12.5 Å². The van der Waals surface area contributed by atoms with Crippen LogP contribution in [0.4, 0.5) is 0 Å². The average molecular weight is 286 g/mol. The highest BCUT2D eigenvalue weighted by Crippen LogP contribution is 2.27. The number of likely N-dealkylation sites (N-methyl/N-ethyl adjacent to an activating group) is 1. The Labute approximate surface area is 120 Å². The van der Waals surface area contributed by atoms with Crippen LogP contribution in [-0.4, -0.2) is 47.9 Å². The highest BCUT2D eigenvalue weighted by Gasteiger charge is 2.39. The molecule has 0 radical (unpaired) electrons. The molecule has 0 aromatic rings. The standard InChI is InChI=1S/C14H26N2O4/c1-9(2)7-15-10(17)8-16(6)12(18)11(13(19)20)14(3,4)5/h9,11H,7-8H2,1-6H3,(H,15,17)(H,19,20). The third-order valence-electron chi connectivity index (χ3n) is 2.82. The summed E-state index contributed by atoms with van der Waals surface area (Å²) in [7, 11) is 1.44. The molecule has 6 nitrogen and oxygen atoms in total. The van der Waals surface area contributed by atoms with Crippen LogP contribution >= 0.6 is 0 Å². The maximum atomic E-state index is 12.2. The summed E-state index contributed by atoms with van der Waals surface area (Å²) in [5, 5.41) is 11.9. The van der Waals surface area contributed by atoms with E-state index in [1.807, 2.05) is 13.8 Å². The quantitative estimate of drug-likeness (QED) is 0.712. The Kier molecular flexibility index (Phi) is 6.68. The van der Waals surface area contributed by atoms with E-state index in [4.69, 9.17) is 0 Å². The van der Waals surface area contributed by atoms with Gasteiger partial charge in [0.25, 0.3) is 0 Å². The van der Waals surface area contributed by atoms with E-state index in [-0.39, 0.29) is 12.5 Å². The van der Waals surface area contributed by atoms with Crippen molar-refractivity contribution in [2.24, 2.45) is 17.3 Å². The molecule has 0 heterocycles. The van der Waals surface area contributed by atoms with Crippen molar-refractivity contribution < 1.29 is 19.5 Å². The molecule has 0 aliphatic heterocycles. The van der Waals surface area contributed by atoms with Crippen molar-refractivity contribution in [1.82, 2.24) is 10.2 Å². The largest absolute Gasteiger partial charge is 0.481 e. The van der Waals surface area contributed by atoms with E-state index in [1.54, 1.807) is 20.8 Å². The summed E-state index contributed by atoms with van der Waals surface area (Å²) in [5.41, 5.74) is -0.703. The van der Waals surface area contributed by atoms with Gasteiger partial charge < -0.3 is 15.3 Å². The van der Waals surface area contributed by atoms with Crippen LogP contribution in [0.1, 0.15) is 34.6 Å². The van der Waals surface area contributed by atoms with Gasteiger partial charge in [-0.15, -0.1) is 0 Å². The monoisotopic (exact) mass is 286 g/mol. The topological polar surface area (TPSA) is 86.7 Å². The minimum absolute atomic E-state index is 0.134. The van der Waals surface area contributed by atoms with Crippen LogP contribution in [0.25, 0.3) is 0 Å². The zero-order valence-electron chi connectivity index (χ0n) is 13.2. The lowest BCUT2D eigenvalue weighted by Gasteiger charge is -2.29. The molecule has 0 aliphatic carbocycles. The Morgan fingerprint density at radius 3 is 2.05 bits per heavy atom. The fourth-order valence-corrected chi connectivity index (χ4v) is 1.73. The highest BCUT2D eigenvalue weighted by molar-refractivity contribution is 5.99.